The number of hydrogen-bond acceptors (Lipinski definition) is 5. The molecule has 2 amide bonds. The fraction of sp³-hybridized carbons (Fsp3) is 0.0909. The molecule has 0 spiro atoms. The first-order chi connectivity index (χ1) is 15.0. The third-order valence-electron chi connectivity index (χ3n) is 4.40. The zero-order chi connectivity index (χ0) is 21.6. The number of hydrogen-bond donors (Lipinski definition) is 2. The fourth-order valence-electron chi connectivity index (χ4n) is 2.97. The van der Waals surface area contributed by atoms with Crippen molar-refractivity contribution >= 4 is 39.1 Å². The Hall–Kier alpha value is -3.72. The number of rotatable bonds is 7. The van der Waals surface area contributed by atoms with Crippen LogP contribution in [0.1, 0.15) is 21.7 Å². The lowest BCUT2D eigenvalue weighted by Crippen LogP contribution is -2.15. The van der Waals surface area contributed by atoms with Gasteiger partial charge in [-0.05, 0) is 63.5 Å². The first-order valence-electron chi connectivity index (χ1n) is 9.42. The van der Waals surface area contributed by atoms with Crippen LogP contribution in [0.25, 0.3) is 0 Å². The van der Waals surface area contributed by atoms with Gasteiger partial charge in [0.2, 0.25) is 5.91 Å². The number of furan rings is 1. The second-order valence-electron chi connectivity index (χ2n) is 6.77. The summed E-state index contributed by atoms with van der Waals surface area (Å²) < 4.78 is 7.43. The normalized spacial score (nSPS) is 10.6. The molecule has 0 bridgehead atoms. The number of nitrogens with one attached hydrogen (secondary N) is 2. The third-order valence-corrected chi connectivity index (χ3v) is 4.82. The van der Waals surface area contributed by atoms with Gasteiger partial charge in [0.05, 0.1) is 13.0 Å². The predicted octanol–water partition coefficient (Wildman–Crippen LogP) is 4.12. The lowest BCUT2D eigenvalue weighted by molar-refractivity contribution is -0.115. The number of carbonyl (C=O) groups is 2. The van der Waals surface area contributed by atoms with Gasteiger partial charge in [-0.3, -0.25) is 9.59 Å². The Morgan fingerprint density at radius 3 is 2.52 bits per heavy atom. The lowest BCUT2D eigenvalue weighted by atomic mass is 10.1. The molecule has 0 saturated heterocycles. The zero-order valence-corrected chi connectivity index (χ0v) is 17.9. The monoisotopic (exact) mass is 479 g/mol. The Morgan fingerprint density at radius 1 is 0.968 bits per heavy atom. The Bertz CT molecular complexity index is 1190. The SMILES string of the molecule is O=C(Cc1ccc(NC(=O)c2ccc(Br)o2)cc1)Nc1cccc(Cn2cncn2)c1. The minimum Gasteiger partial charge on any atom is -0.444 e. The summed E-state index contributed by atoms with van der Waals surface area (Å²) in [5.74, 6) is -0.265. The lowest BCUT2D eigenvalue weighted by Gasteiger charge is -2.09. The van der Waals surface area contributed by atoms with Gasteiger partial charge in [0.25, 0.3) is 5.91 Å². The van der Waals surface area contributed by atoms with Crippen molar-refractivity contribution in [3.63, 3.8) is 0 Å². The quantitative estimate of drug-likeness (QED) is 0.415. The number of aromatic nitrogens is 3. The molecular formula is C22H18BrN5O3. The zero-order valence-electron chi connectivity index (χ0n) is 16.3. The summed E-state index contributed by atoms with van der Waals surface area (Å²) in [5.41, 5.74) is 3.17. The van der Waals surface area contributed by atoms with Gasteiger partial charge in [-0.25, -0.2) is 9.67 Å². The van der Waals surface area contributed by atoms with Crippen molar-refractivity contribution in [3.8, 4) is 0 Å². The molecule has 31 heavy (non-hydrogen) atoms. The van der Waals surface area contributed by atoms with Gasteiger partial charge in [-0.15, -0.1) is 0 Å². The van der Waals surface area contributed by atoms with E-state index < -0.39 is 0 Å². The van der Waals surface area contributed by atoms with Gasteiger partial charge >= 0.3 is 0 Å². The molecule has 2 heterocycles. The van der Waals surface area contributed by atoms with Crippen molar-refractivity contribution in [2.24, 2.45) is 0 Å². The van der Waals surface area contributed by atoms with E-state index in [1.807, 2.05) is 24.3 Å². The van der Waals surface area contributed by atoms with E-state index in [-0.39, 0.29) is 24.0 Å². The molecule has 2 N–H and O–H groups in total. The first kappa shape index (κ1) is 20.5. The van der Waals surface area contributed by atoms with E-state index >= 15 is 0 Å². The van der Waals surface area contributed by atoms with Gasteiger partial charge in [0, 0.05) is 11.4 Å². The largest absolute Gasteiger partial charge is 0.444 e. The van der Waals surface area contributed by atoms with Crippen LogP contribution in [0, 0.1) is 0 Å². The van der Waals surface area contributed by atoms with Crippen LogP contribution in [0.15, 0.2) is 82.4 Å². The van der Waals surface area contributed by atoms with Gasteiger partial charge < -0.3 is 15.1 Å². The summed E-state index contributed by atoms with van der Waals surface area (Å²) in [6.45, 7) is 0.575. The highest BCUT2D eigenvalue weighted by atomic mass is 79.9. The Labute approximate surface area is 186 Å². The number of halogens is 1. The fourth-order valence-corrected chi connectivity index (χ4v) is 3.28. The molecule has 156 valence electrons. The topological polar surface area (TPSA) is 102 Å². The van der Waals surface area contributed by atoms with E-state index in [9.17, 15) is 9.59 Å². The highest BCUT2D eigenvalue weighted by Gasteiger charge is 2.11. The number of nitrogens with zero attached hydrogens (tertiary/aromatic N) is 3. The average Bonchev–Trinajstić information content (AvgIpc) is 3.41. The Kier molecular flexibility index (Phi) is 6.23. The van der Waals surface area contributed by atoms with Crippen LogP contribution in [0.4, 0.5) is 11.4 Å². The van der Waals surface area contributed by atoms with Gasteiger partial charge in [-0.1, -0.05) is 24.3 Å². The van der Waals surface area contributed by atoms with Crippen molar-refractivity contribution in [3.05, 3.63) is 94.9 Å². The summed E-state index contributed by atoms with van der Waals surface area (Å²) in [5, 5.41) is 9.75. The number of carbonyl (C=O) groups excluding carboxylic acids is 2. The molecular weight excluding hydrogens is 462 g/mol. The van der Waals surface area contributed by atoms with E-state index in [0.29, 0.717) is 16.9 Å². The second-order valence-corrected chi connectivity index (χ2v) is 7.55. The Balaban J connectivity index is 1.32. The van der Waals surface area contributed by atoms with Gasteiger partial charge in [0.1, 0.15) is 12.7 Å². The maximum absolute atomic E-state index is 12.4. The van der Waals surface area contributed by atoms with Crippen molar-refractivity contribution in [1.82, 2.24) is 14.8 Å². The van der Waals surface area contributed by atoms with Crippen LogP contribution < -0.4 is 10.6 Å². The molecule has 0 unspecified atom stereocenters. The maximum atomic E-state index is 12.4. The standard InChI is InChI=1S/C22H18BrN5O3/c23-20-9-8-19(31-20)22(30)27-17-6-4-15(5-7-17)11-21(29)26-18-3-1-2-16(10-18)12-28-14-24-13-25-28/h1-10,13-14H,11-12H2,(H,26,29)(H,27,30). The van der Waals surface area contributed by atoms with Crippen LogP contribution in [0.2, 0.25) is 0 Å². The Morgan fingerprint density at radius 2 is 1.81 bits per heavy atom. The van der Waals surface area contributed by atoms with Crippen molar-refractivity contribution < 1.29 is 14.0 Å². The van der Waals surface area contributed by atoms with Crippen LogP contribution in [-0.2, 0) is 17.8 Å². The smallest absolute Gasteiger partial charge is 0.291 e. The van der Waals surface area contributed by atoms with E-state index in [0.717, 1.165) is 16.8 Å². The average molecular weight is 480 g/mol. The third kappa shape index (κ3) is 5.67. The van der Waals surface area contributed by atoms with E-state index in [1.54, 1.807) is 47.4 Å². The van der Waals surface area contributed by atoms with Crippen LogP contribution in [-0.4, -0.2) is 26.6 Å². The molecule has 0 aliphatic rings. The van der Waals surface area contributed by atoms with Crippen LogP contribution >= 0.6 is 15.9 Å². The molecule has 8 nitrogen and oxygen atoms in total. The molecule has 0 aliphatic heterocycles. The molecule has 4 rings (SSSR count). The minimum atomic E-state index is -0.345. The van der Waals surface area contributed by atoms with Crippen molar-refractivity contribution in [2.45, 2.75) is 13.0 Å². The second kappa shape index (κ2) is 9.40. The number of anilines is 2. The maximum Gasteiger partial charge on any atom is 0.291 e. The summed E-state index contributed by atoms with van der Waals surface area (Å²) in [6.07, 6.45) is 3.34. The number of benzene rings is 2. The summed E-state index contributed by atoms with van der Waals surface area (Å²) in [6, 6.07) is 17.9. The highest BCUT2D eigenvalue weighted by molar-refractivity contribution is 9.10. The molecule has 2 aromatic carbocycles. The van der Waals surface area contributed by atoms with Gasteiger partial charge in [0.15, 0.2) is 10.4 Å². The molecule has 0 fully saturated rings. The number of amides is 2. The van der Waals surface area contributed by atoms with Crippen LogP contribution in [0.5, 0.6) is 0 Å². The summed E-state index contributed by atoms with van der Waals surface area (Å²) in [7, 11) is 0. The van der Waals surface area contributed by atoms with Gasteiger partial charge in [-0.2, -0.15) is 5.10 Å². The van der Waals surface area contributed by atoms with Crippen LogP contribution in [0.3, 0.4) is 0 Å². The highest BCUT2D eigenvalue weighted by Crippen LogP contribution is 2.17. The van der Waals surface area contributed by atoms with E-state index in [2.05, 4.69) is 36.6 Å². The minimum absolute atomic E-state index is 0.130. The molecule has 0 aliphatic carbocycles. The molecule has 0 atom stereocenters. The molecule has 9 heteroatoms. The summed E-state index contributed by atoms with van der Waals surface area (Å²) >= 11 is 3.17. The molecule has 2 aromatic heterocycles. The molecule has 0 radical (unpaired) electrons. The molecule has 4 aromatic rings. The first-order valence-corrected chi connectivity index (χ1v) is 10.2. The van der Waals surface area contributed by atoms with Crippen molar-refractivity contribution in [1.29, 1.82) is 0 Å². The predicted molar refractivity (Wildman–Crippen MR) is 119 cm³/mol. The molecule has 0 saturated carbocycles. The summed E-state index contributed by atoms with van der Waals surface area (Å²) in [4.78, 5) is 28.5. The van der Waals surface area contributed by atoms with Crippen molar-refractivity contribution in [2.75, 3.05) is 10.6 Å². The van der Waals surface area contributed by atoms with E-state index in [4.69, 9.17) is 4.42 Å². The van der Waals surface area contributed by atoms with E-state index in [1.165, 1.54) is 6.33 Å².